The van der Waals surface area contributed by atoms with Gasteiger partial charge in [-0.25, -0.2) is 9.97 Å². The summed E-state index contributed by atoms with van der Waals surface area (Å²) >= 11 is 5.96. The summed E-state index contributed by atoms with van der Waals surface area (Å²) in [5.74, 6) is 0.335. The van der Waals surface area contributed by atoms with Crippen LogP contribution < -0.4 is 15.8 Å². The highest BCUT2D eigenvalue weighted by molar-refractivity contribution is 6.30. The van der Waals surface area contributed by atoms with Gasteiger partial charge in [-0.3, -0.25) is 4.79 Å². The van der Waals surface area contributed by atoms with Crippen LogP contribution in [0.3, 0.4) is 0 Å². The first-order chi connectivity index (χ1) is 16.5. The van der Waals surface area contributed by atoms with E-state index in [4.69, 9.17) is 27.1 Å². The van der Waals surface area contributed by atoms with Crippen LogP contribution in [-0.4, -0.2) is 33.9 Å². The molecule has 5 rings (SSSR count). The minimum Gasteiger partial charge on any atom is -0.496 e. The second-order valence-corrected chi connectivity index (χ2v) is 7.84. The van der Waals surface area contributed by atoms with Crippen LogP contribution in [0.4, 0.5) is 11.5 Å². The molecule has 0 saturated heterocycles. The number of halogens is 1. The lowest BCUT2D eigenvalue weighted by molar-refractivity contribution is 0.102. The van der Waals surface area contributed by atoms with Crippen LogP contribution in [0.5, 0.6) is 5.75 Å². The van der Waals surface area contributed by atoms with Gasteiger partial charge in [0.25, 0.3) is 5.91 Å². The highest BCUT2D eigenvalue weighted by atomic mass is 35.5. The number of hydrogen-bond acceptors (Lipinski definition) is 6. The molecule has 2 aromatic heterocycles. The van der Waals surface area contributed by atoms with Gasteiger partial charge in [-0.15, -0.1) is 0 Å². The van der Waals surface area contributed by atoms with Gasteiger partial charge < -0.3 is 15.8 Å². The molecule has 0 unspecified atom stereocenters. The number of carbonyl (C=O) groups is 1. The normalized spacial score (nSPS) is 11.4. The fourth-order valence-electron chi connectivity index (χ4n) is 3.61. The molecule has 3 aromatic carbocycles. The van der Waals surface area contributed by atoms with E-state index in [0.29, 0.717) is 38.7 Å². The fourth-order valence-corrected chi connectivity index (χ4v) is 3.73. The largest absolute Gasteiger partial charge is 0.496 e. The summed E-state index contributed by atoms with van der Waals surface area (Å²) in [7, 11) is 1.59. The van der Waals surface area contributed by atoms with Crippen molar-refractivity contribution >= 4 is 57.4 Å². The lowest BCUT2D eigenvalue weighted by Crippen LogP contribution is -2.14. The van der Waals surface area contributed by atoms with Gasteiger partial charge in [-0.2, -0.15) is 9.78 Å². The highest BCUT2D eigenvalue weighted by Crippen LogP contribution is 2.29. The predicted molar refractivity (Wildman–Crippen MR) is 135 cm³/mol. The number of nitrogens with zero attached hydrogens (tertiary/aromatic N) is 4. The molecular formula is C25H19ClN6O2. The highest BCUT2D eigenvalue weighted by Gasteiger charge is 2.24. The van der Waals surface area contributed by atoms with E-state index in [0.717, 1.165) is 5.56 Å². The maximum atomic E-state index is 13.3. The molecule has 8 nitrogen and oxygen atoms in total. The summed E-state index contributed by atoms with van der Waals surface area (Å²) < 4.78 is 6.81. The summed E-state index contributed by atoms with van der Waals surface area (Å²) in [6.07, 6.45) is 1.60. The van der Waals surface area contributed by atoms with E-state index >= 15 is 0 Å². The van der Waals surface area contributed by atoms with Gasteiger partial charge in [0.1, 0.15) is 22.6 Å². The van der Waals surface area contributed by atoms with Gasteiger partial charge in [-0.1, -0.05) is 35.9 Å². The van der Waals surface area contributed by atoms with Crippen molar-refractivity contribution in [3.8, 4) is 5.75 Å². The Morgan fingerprint density at radius 2 is 1.71 bits per heavy atom. The molecule has 1 amide bonds. The van der Waals surface area contributed by atoms with Crippen molar-refractivity contribution < 1.29 is 9.53 Å². The van der Waals surface area contributed by atoms with Crippen LogP contribution in [0.15, 0.2) is 77.9 Å². The molecule has 0 bridgehead atoms. The van der Waals surface area contributed by atoms with Crippen molar-refractivity contribution in [2.24, 2.45) is 5.10 Å². The molecule has 0 radical (unpaired) electrons. The van der Waals surface area contributed by atoms with Gasteiger partial charge in [0.15, 0.2) is 5.65 Å². The van der Waals surface area contributed by atoms with Crippen molar-refractivity contribution in [3.05, 3.63) is 88.9 Å². The molecule has 0 fully saturated rings. The Bertz CT molecular complexity index is 1560. The first-order valence-electron chi connectivity index (χ1n) is 10.4. The Morgan fingerprint density at radius 1 is 1.03 bits per heavy atom. The summed E-state index contributed by atoms with van der Waals surface area (Å²) in [4.78, 5) is 22.7. The van der Waals surface area contributed by atoms with E-state index in [1.54, 1.807) is 37.6 Å². The molecule has 2 heterocycles. The summed E-state index contributed by atoms with van der Waals surface area (Å²) in [5, 5.41) is 7.94. The van der Waals surface area contributed by atoms with Gasteiger partial charge >= 0.3 is 0 Å². The Kier molecular flexibility index (Phi) is 5.57. The number of hydrogen-bond donors (Lipinski definition) is 2. The van der Waals surface area contributed by atoms with Crippen molar-refractivity contribution in [1.29, 1.82) is 0 Å². The van der Waals surface area contributed by atoms with E-state index in [2.05, 4.69) is 15.4 Å². The maximum absolute atomic E-state index is 13.3. The lowest BCUT2D eigenvalue weighted by Gasteiger charge is -2.06. The van der Waals surface area contributed by atoms with Crippen molar-refractivity contribution in [3.63, 3.8) is 0 Å². The third kappa shape index (κ3) is 3.91. The first kappa shape index (κ1) is 21.4. The van der Waals surface area contributed by atoms with E-state index in [1.807, 2.05) is 48.5 Å². The van der Waals surface area contributed by atoms with Crippen molar-refractivity contribution in [2.75, 3.05) is 18.2 Å². The van der Waals surface area contributed by atoms with E-state index in [1.165, 1.54) is 4.68 Å². The number of rotatable bonds is 5. The molecule has 34 heavy (non-hydrogen) atoms. The molecule has 168 valence electrons. The van der Waals surface area contributed by atoms with Crippen molar-refractivity contribution in [1.82, 2.24) is 14.6 Å². The zero-order chi connectivity index (χ0) is 23.7. The minimum absolute atomic E-state index is 0.114. The lowest BCUT2D eigenvalue weighted by atomic mass is 10.2. The van der Waals surface area contributed by atoms with Crippen LogP contribution in [-0.2, 0) is 0 Å². The molecular weight excluding hydrogens is 452 g/mol. The predicted octanol–water partition coefficient (Wildman–Crippen LogP) is 4.96. The minimum atomic E-state index is -0.430. The zero-order valence-corrected chi connectivity index (χ0v) is 18.8. The molecule has 9 heteroatoms. The number of nitrogen functional groups attached to an aromatic ring is 1. The number of methoxy groups -OCH3 is 1. The quantitative estimate of drug-likeness (QED) is 0.353. The third-order valence-electron chi connectivity index (χ3n) is 5.25. The number of para-hydroxylation sites is 3. The third-order valence-corrected chi connectivity index (χ3v) is 5.51. The summed E-state index contributed by atoms with van der Waals surface area (Å²) in [6.45, 7) is 0. The van der Waals surface area contributed by atoms with Crippen LogP contribution in [0.1, 0.15) is 15.9 Å². The van der Waals surface area contributed by atoms with Crippen LogP contribution in [0, 0.1) is 0 Å². The number of amides is 1. The number of aromatic nitrogens is 3. The number of carbonyl (C=O) groups excluding carboxylic acids is 1. The summed E-state index contributed by atoms with van der Waals surface area (Å²) in [5.41, 5.74) is 9.95. The SMILES string of the molecule is COc1ccccc1C=Nn1c(N)c(C(=O)Nc2ccc(Cl)cc2)c2nc3ccccc3nc21. The second kappa shape index (κ2) is 8.84. The Balaban J connectivity index is 1.66. The smallest absolute Gasteiger partial charge is 0.261 e. The average Bonchev–Trinajstić information content (AvgIpc) is 3.12. The Hall–Kier alpha value is -4.43. The van der Waals surface area contributed by atoms with Crippen LogP contribution >= 0.6 is 11.6 Å². The topological polar surface area (TPSA) is 107 Å². The van der Waals surface area contributed by atoms with Gasteiger partial charge in [0.2, 0.25) is 0 Å². The van der Waals surface area contributed by atoms with E-state index in [-0.39, 0.29) is 11.4 Å². The molecule has 5 aromatic rings. The van der Waals surface area contributed by atoms with E-state index < -0.39 is 5.91 Å². The van der Waals surface area contributed by atoms with Crippen LogP contribution in [0.25, 0.3) is 22.2 Å². The maximum Gasteiger partial charge on any atom is 0.261 e. The first-order valence-corrected chi connectivity index (χ1v) is 10.7. The number of fused-ring (bicyclic) bond motifs is 2. The van der Waals surface area contributed by atoms with Crippen molar-refractivity contribution in [2.45, 2.75) is 0 Å². The van der Waals surface area contributed by atoms with Gasteiger partial charge in [0.05, 0.1) is 24.4 Å². The monoisotopic (exact) mass is 470 g/mol. The molecule has 0 aliphatic rings. The molecule has 0 saturated carbocycles. The zero-order valence-electron chi connectivity index (χ0n) is 18.1. The fraction of sp³-hybridized carbons (Fsp3) is 0.0400. The molecule has 0 aliphatic carbocycles. The number of nitrogens with one attached hydrogen (secondary N) is 1. The van der Waals surface area contributed by atoms with Crippen LogP contribution in [0.2, 0.25) is 5.02 Å². The second-order valence-electron chi connectivity index (χ2n) is 7.40. The standard InChI is InChI=1S/C25H19ClN6O2/c1-34-20-9-5-2-6-15(20)14-28-32-23(27)21(25(33)29-17-12-10-16(26)11-13-17)22-24(32)31-19-8-4-3-7-18(19)30-22/h2-14H,27H2,1H3,(H,29,33). The van der Waals surface area contributed by atoms with Gasteiger partial charge in [-0.05, 0) is 48.5 Å². The number of anilines is 2. The van der Waals surface area contributed by atoms with E-state index in [9.17, 15) is 4.79 Å². The number of benzene rings is 3. The Morgan fingerprint density at radius 3 is 2.44 bits per heavy atom. The summed E-state index contributed by atoms with van der Waals surface area (Å²) in [6, 6.07) is 21.6. The van der Waals surface area contributed by atoms with Gasteiger partial charge in [0, 0.05) is 16.3 Å². The molecule has 0 aliphatic heterocycles. The molecule has 3 N–H and O–H groups in total. The average molecular weight is 471 g/mol. The molecule has 0 atom stereocenters. The number of nitrogens with two attached hydrogens (primary N) is 1. The Labute approximate surface area is 199 Å². The number of ether oxygens (including phenoxy) is 1. The molecule has 0 spiro atoms.